The van der Waals surface area contributed by atoms with Crippen LogP contribution in [-0.2, 0) is 16.4 Å². The fourth-order valence-corrected chi connectivity index (χ4v) is 4.51. The van der Waals surface area contributed by atoms with E-state index < -0.39 is 10.0 Å². The maximum absolute atomic E-state index is 12.1. The van der Waals surface area contributed by atoms with Gasteiger partial charge in [-0.05, 0) is 31.7 Å². The van der Waals surface area contributed by atoms with Crippen LogP contribution in [0, 0.1) is 0 Å². The van der Waals surface area contributed by atoms with Gasteiger partial charge >= 0.3 is 0 Å². The summed E-state index contributed by atoms with van der Waals surface area (Å²) in [7, 11) is -3.03. The predicted octanol–water partition coefficient (Wildman–Crippen LogP) is 2.37. The molecule has 0 saturated carbocycles. The maximum Gasteiger partial charge on any atom is 0.214 e. The Kier molecular flexibility index (Phi) is 6.41. The van der Waals surface area contributed by atoms with Crippen molar-refractivity contribution in [1.82, 2.24) is 9.21 Å². The largest absolute Gasteiger partial charge is 0.298 e. The van der Waals surface area contributed by atoms with Crippen molar-refractivity contribution >= 4 is 10.0 Å². The van der Waals surface area contributed by atoms with Crippen LogP contribution in [0.4, 0.5) is 0 Å². The van der Waals surface area contributed by atoms with Crippen LogP contribution in [0.25, 0.3) is 0 Å². The van der Waals surface area contributed by atoms with Crippen LogP contribution in [-0.4, -0.2) is 55.6 Å². The van der Waals surface area contributed by atoms with Crippen LogP contribution in [0.5, 0.6) is 0 Å². The molecule has 1 aliphatic heterocycles. The fraction of sp³-hybridized carbons (Fsp3) is 0.647. The molecule has 0 amide bonds. The summed E-state index contributed by atoms with van der Waals surface area (Å²) in [5.74, 6) is 0.274. The summed E-state index contributed by atoms with van der Waals surface area (Å²) in [6, 6.07) is 11.0. The third kappa shape index (κ3) is 4.80. The normalized spacial score (nSPS) is 19.2. The van der Waals surface area contributed by atoms with Crippen LogP contribution in [0.3, 0.4) is 0 Å². The number of sulfonamides is 1. The second-order valence-corrected chi connectivity index (χ2v) is 8.21. The smallest absolute Gasteiger partial charge is 0.214 e. The van der Waals surface area contributed by atoms with Crippen molar-refractivity contribution in [3.63, 3.8) is 0 Å². The molecule has 22 heavy (non-hydrogen) atoms. The minimum absolute atomic E-state index is 0.274. The predicted molar refractivity (Wildman–Crippen MR) is 91.4 cm³/mol. The summed E-state index contributed by atoms with van der Waals surface area (Å²) in [5.41, 5.74) is 1.37. The molecule has 1 aliphatic rings. The highest BCUT2D eigenvalue weighted by molar-refractivity contribution is 7.89. The summed E-state index contributed by atoms with van der Waals surface area (Å²) in [6.45, 7) is 7.13. The van der Waals surface area contributed by atoms with Crippen molar-refractivity contribution in [3.05, 3.63) is 35.9 Å². The zero-order valence-corrected chi connectivity index (χ0v) is 14.6. The van der Waals surface area contributed by atoms with E-state index >= 15 is 0 Å². The van der Waals surface area contributed by atoms with E-state index in [4.69, 9.17) is 0 Å². The number of benzene rings is 1. The summed E-state index contributed by atoms with van der Waals surface area (Å²) in [4.78, 5) is 2.42. The van der Waals surface area contributed by atoms with Crippen molar-refractivity contribution in [2.24, 2.45) is 0 Å². The fourth-order valence-electron chi connectivity index (χ4n) is 3.01. The third-order valence-electron chi connectivity index (χ3n) is 4.45. The Morgan fingerprint density at radius 1 is 1.09 bits per heavy atom. The number of hydrogen-bond acceptors (Lipinski definition) is 3. The van der Waals surface area contributed by atoms with Crippen molar-refractivity contribution < 1.29 is 8.42 Å². The highest BCUT2D eigenvalue weighted by atomic mass is 32.2. The summed E-state index contributed by atoms with van der Waals surface area (Å²) in [6.07, 6.45) is 2.89. The first-order chi connectivity index (χ1) is 10.5. The van der Waals surface area contributed by atoms with Crippen LogP contribution >= 0.6 is 0 Å². The zero-order valence-electron chi connectivity index (χ0n) is 13.7. The van der Waals surface area contributed by atoms with Gasteiger partial charge in [-0.1, -0.05) is 37.3 Å². The molecule has 2 rings (SSSR count). The topological polar surface area (TPSA) is 40.6 Å². The van der Waals surface area contributed by atoms with Crippen molar-refractivity contribution in [3.8, 4) is 0 Å². The molecular weight excluding hydrogens is 296 g/mol. The molecule has 0 aliphatic carbocycles. The van der Waals surface area contributed by atoms with Crippen LogP contribution in [0.15, 0.2) is 30.3 Å². The van der Waals surface area contributed by atoms with Crippen molar-refractivity contribution in [2.75, 3.05) is 31.9 Å². The van der Waals surface area contributed by atoms with E-state index in [1.54, 1.807) is 4.31 Å². The number of hydrogen-bond donors (Lipinski definition) is 0. The van der Waals surface area contributed by atoms with Crippen molar-refractivity contribution in [1.29, 1.82) is 0 Å². The van der Waals surface area contributed by atoms with Gasteiger partial charge < -0.3 is 0 Å². The van der Waals surface area contributed by atoms with E-state index in [0.29, 0.717) is 25.6 Å². The molecular formula is C17H28N2O2S. The molecule has 0 aromatic heterocycles. The van der Waals surface area contributed by atoms with Gasteiger partial charge in [0.1, 0.15) is 0 Å². The van der Waals surface area contributed by atoms with E-state index in [9.17, 15) is 8.42 Å². The van der Waals surface area contributed by atoms with E-state index in [0.717, 1.165) is 25.9 Å². The number of nitrogens with zero attached hydrogens (tertiary/aromatic N) is 2. The van der Waals surface area contributed by atoms with Gasteiger partial charge in [0.05, 0.1) is 5.75 Å². The Hall–Kier alpha value is -0.910. The lowest BCUT2D eigenvalue weighted by atomic mass is 10.0. The van der Waals surface area contributed by atoms with Crippen LogP contribution in [0.1, 0.15) is 32.3 Å². The standard InChI is InChI=1S/C17H28N2O2S/c1-3-15-22(20,21)19-13-11-18(12-14-19)16(2)9-10-17-7-5-4-6-8-17/h4-8,16H,3,9-15H2,1-2H3. The Bertz CT molecular complexity index is 537. The second kappa shape index (κ2) is 8.09. The monoisotopic (exact) mass is 324 g/mol. The van der Waals surface area contributed by atoms with Gasteiger partial charge in [-0.3, -0.25) is 4.90 Å². The average Bonchev–Trinajstić information content (AvgIpc) is 2.54. The lowest BCUT2D eigenvalue weighted by Gasteiger charge is -2.37. The van der Waals surface area contributed by atoms with E-state index in [2.05, 4.69) is 36.1 Å². The lowest BCUT2D eigenvalue weighted by molar-refractivity contribution is 0.140. The molecule has 4 nitrogen and oxygen atoms in total. The number of aryl methyl sites for hydroxylation is 1. The molecule has 1 aromatic carbocycles. The zero-order chi connectivity index (χ0) is 16.0. The molecule has 0 bridgehead atoms. The van der Waals surface area contributed by atoms with Gasteiger partial charge in [0, 0.05) is 32.2 Å². The molecule has 0 N–H and O–H groups in total. The molecule has 1 aromatic rings. The summed E-state index contributed by atoms with van der Waals surface area (Å²) < 4.78 is 25.8. The molecule has 0 spiro atoms. The van der Waals surface area contributed by atoms with Crippen molar-refractivity contribution in [2.45, 2.75) is 39.2 Å². The second-order valence-electron chi connectivity index (χ2n) is 6.12. The Balaban J connectivity index is 1.79. The minimum atomic E-state index is -3.03. The lowest BCUT2D eigenvalue weighted by Crippen LogP contribution is -2.51. The number of rotatable bonds is 7. The Morgan fingerprint density at radius 3 is 2.32 bits per heavy atom. The van der Waals surface area contributed by atoms with Gasteiger partial charge in [-0.25, -0.2) is 8.42 Å². The molecule has 5 heteroatoms. The SMILES string of the molecule is CCCS(=O)(=O)N1CCN(C(C)CCc2ccccc2)CC1. The first kappa shape index (κ1) is 17.4. The molecule has 124 valence electrons. The molecule has 1 fully saturated rings. The average molecular weight is 324 g/mol. The van der Waals surface area contributed by atoms with Gasteiger partial charge in [0.2, 0.25) is 10.0 Å². The van der Waals surface area contributed by atoms with Gasteiger partial charge in [-0.15, -0.1) is 0 Å². The molecule has 1 saturated heterocycles. The third-order valence-corrected chi connectivity index (χ3v) is 6.52. The van der Waals surface area contributed by atoms with Gasteiger partial charge in [0.25, 0.3) is 0 Å². The molecule has 1 atom stereocenters. The quantitative estimate of drug-likeness (QED) is 0.773. The first-order valence-electron chi connectivity index (χ1n) is 8.28. The number of piperazine rings is 1. The Labute approximate surface area is 135 Å². The Morgan fingerprint density at radius 2 is 1.73 bits per heavy atom. The summed E-state index contributed by atoms with van der Waals surface area (Å²) >= 11 is 0. The highest BCUT2D eigenvalue weighted by Crippen LogP contribution is 2.15. The molecule has 0 radical (unpaired) electrons. The van der Waals surface area contributed by atoms with E-state index in [1.165, 1.54) is 5.56 Å². The van der Waals surface area contributed by atoms with E-state index in [-0.39, 0.29) is 5.75 Å². The van der Waals surface area contributed by atoms with Crippen LogP contribution < -0.4 is 0 Å². The molecule has 1 heterocycles. The first-order valence-corrected chi connectivity index (χ1v) is 9.89. The molecule has 1 unspecified atom stereocenters. The highest BCUT2D eigenvalue weighted by Gasteiger charge is 2.27. The maximum atomic E-state index is 12.1. The summed E-state index contributed by atoms with van der Waals surface area (Å²) in [5, 5.41) is 0. The minimum Gasteiger partial charge on any atom is -0.298 e. The van der Waals surface area contributed by atoms with Gasteiger partial charge in [0.15, 0.2) is 0 Å². The van der Waals surface area contributed by atoms with Crippen LogP contribution in [0.2, 0.25) is 0 Å². The van der Waals surface area contributed by atoms with Gasteiger partial charge in [-0.2, -0.15) is 4.31 Å². The van der Waals surface area contributed by atoms with E-state index in [1.807, 2.05) is 13.0 Å².